The third kappa shape index (κ3) is 3.61. The number of esters is 1. The van der Waals surface area contributed by atoms with Gasteiger partial charge in [-0.25, -0.2) is 0 Å². The van der Waals surface area contributed by atoms with Crippen LogP contribution in [0.1, 0.15) is 6.92 Å². The highest BCUT2D eigenvalue weighted by atomic mass is 35.5. The number of hydrogen-bond donors (Lipinski definition) is 0. The van der Waals surface area contributed by atoms with Gasteiger partial charge in [0.1, 0.15) is 0 Å². The Hall–Kier alpha value is -0.870. The molecular weight excluding hydrogens is 248 g/mol. The van der Waals surface area contributed by atoms with Gasteiger partial charge in [-0.2, -0.15) is 0 Å². The molecule has 0 fully saturated rings. The second-order valence-electron chi connectivity index (χ2n) is 3.39. The predicted molar refractivity (Wildman–Crippen MR) is 63.9 cm³/mol. The minimum absolute atomic E-state index is 0.243. The molecule has 0 saturated carbocycles. The van der Waals surface area contributed by atoms with Crippen molar-refractivity contribution in [3.05, 3.63) is 29.3 Å². The number of carbonyl (C=O) groups is 1. The summed E-state index contributed by atoms with van der Waals surface area (Å²) in [5.41, 5.74) is 0. The molecule has 1 aromatic carbocycles. The summed E-state index contributed by atoms with van der Waals surface area (Å²) in [6.45, 7) is 1.69. The standard InChI is InChI=1S/C11H13ClO3S/c1-8(11(13)15-2)7-16(14)10-5-3-4-9(12)6-10/h3-6,8H,7H2,1-2H3. The van der Waals surface area contributed by atoms with Gasteiger partial charge in [0.05, 0.1) is 23.8 Å². The normalized spacial score (nSPS) is 14.2. The minimum Gasteiger partial charge on any atom is -0.469 e. The average Bonchev–Trinajstić information content (AvgIpc) is 2.27. The fourth-order valence-corrected chi connectivity index (χ4v) is 2.73. The first-order valence-electron chi connectivity index (χ1n) is 4.76. The molecule has 88 valence electrons. The van der Waals surface area contributed by atoms with Crippen LogP contribution in [0.25, 0.3) is 0 Å². The lowest BCUT2D eigenvalue weighted by Gasteiger charge is -2.08. The van der Waals surface area contributed by atoms with Crippen LogP contribution in [0.3, 0.4) is 0 Å². The van der Waals surface area contributed by atoms with Crippen molar-refractivity contribution in [1.29, 1.82) is 0 Å². The first-order chi connectivity index (χ1) is 7.54. The van der Waals surface area contributed by atoms with Crippen LogP contribution in [0.2, 0.25) is 5.02 Å². The van der Waals surface area contributed by atoms with Crippen molar-refractivity contribution < 1.29 is 13.7 Å². The van der Waals surface area contributed by atoms with Crippen LogP contribution in [-0.2, 0) is 20.3 Å². The van der Waals surface area contributed by atoms with Crippen LogP contribution in [0.4, 0.5) is 0 Å². The third-order valence-corrected chi connectivity index (χ3v) is 3.88. The van der Waals surface area contributed by atoms with Crippen molar-refractivity contribution in [1.82, 2.24) is 0 Å². The lowest BCUT2D eigenvalue weighted by molar-refractivity contribution is -0.144. The highest BCUT2D eigenvalue weighted by Gasteiger charge is 2.17. The molecule has 0 heterocycles. The third-order valence-electron chi connectivity index (χ3n) is 2.06. The van der Waals surface area contributed by atoms with E-state index in [0.717, 1.165) is 0 Å². The zero-order valence-electron chi connectivity index (χ0n) is 9.10. The number of hydrogen-bond acceptors (Lipinski definition) is 3. The van der Waals surface area contributed by atoms with E-state index in [2.05, 4.69) is 4.74 Å². The first kappa shape index (κ1) is 13.2. The van der Waals surface area contributed by atoms with Gasteiger partial charge in [0.2, 0.25) is 0 Å². The largest absolute Gasteiger partial charge is 0.469 e. The van der Waals surface area contributed by atoms with Gasteiger partial charge in [-0.15, -0.1) is 0 Å². The van der Waals surface area contributed by atoms with Crippen molar-refractivity contribution in [2.75, 3.05) is 12.9 Å². The molecule has 0 amide bonds. The van der Waals surface area contributed by atoms with Gasteiger partial charge in [-0.3, -0.25) is 9.00 Å². The molecule has 2 atom stereocenters. The monoisotopic (exact) mass is 260 g/mol. The summed E-state index contributed by atoms with van der Waals surface area (Å²) < 4.78 is 16.4. The van der Waals surface area contributed by atoms with E-state index in [4.69, 9.17) is 11.6 Å². The maximum Gasteiger partial charge on any atom is 0.309 e. The summed E-state index contributed by atoms with van der Waals surface area (Å²) in [5.74, 6) is -0.493. The van der Waals surface area contributed by atoms with Gasteiger partial charge < -0.3 is 4.74 Å². The van der Waals surface area contributed by atoms with Crippen LogP contribution >= 0.6 is 11.6 Å². The smallest absolute Gasteiger partial charge is 0.309 e. The minimum atomic E-state index is -1.23. The number of halogens is 1. The molecule has 0 aromatic heterocycles. The molecule has 1 rings (SSSR count). The highest BCUT2D eigenvalue weighted by molar-refractivity contribution is 7.85. The summed E-state index contributed by atoms with van der Waals surface area (Å²) >= 11 is 5.79. The van der Waals surface area contributed by atoms with Crippen LogP contribution in [0, 0.1) is 5.92 Å². The first-order valence-corrected chi connectivity index (χ1v) is 6.46. The van der Waals surface area contributed by atoms with Gasteiger partial charge in [-0.1, -0.05) is 24.6 Å². The molecule has 0 spiro atoms. The molecule has 3 nitrogen and oxygen atoms in total. The fourth-order valence-electron chi connectivity index (χ4n) is 1.20. The van der Waals surface area contributed by atoms with Crippen molar-refractivity contribution in [2.24, 2.45) is 5.92 Å². The van der Waals surface area contributed by atoms with Crippen molar-refractivity contribution in [2.45, 2.75) is 11.8 Å². The molecule has 0 aliphatic rings. The lowest BCUT2D eigenvalue weighted by Crippen LogP contribution is -2.19. The maximum atomic E-state index is 11.9. The van der Waals surface area contributed by atoms with Gasteiger partial charge in [0, 0.05) is 15.7 Å². The van der Waals surface area contributed by atoms with E-state index in [-0.39, 0.29) is 17.6 Å². The molecule has 5 heteroatoms. The van der Waals surface area contributed by atoms with Crippen molar-refractivity contribution in [3.63, 3.8) is 0 Å². The highest BCUT2D eigenvalue weighted by Crippen LogP contribution is 2.16. The van der Waals surface area contributed by atoms with Gasteiger partial charge >= 0.3 is 5.97 Å². The quantitative estimate of drug-likeness (QED) is 0.780. The Balaban J connectivity index is 2.69. The molecular formula is C11H13ClO3S. The van der Waals surface area contributed by atoms with E-state index in [1.807, 2.05) is 0 Å². The van der Waals surface area contributed by atoms with Crippen molar-refractivity contribution in [3.8, 4) is 0 Å². The van der Waals surface area contributed by atoms with E-state index in [1.54, 1.807) is 31.2 Å². The molecule has 0 bridgehead atoms. The topological polar surface area (TPSA) is 43.4 Å². The number of carbonyl (C=O) groups excluding carboxylic acids is 1. The van der Waals surface area contributed by atoms with Crippen LogP contribution in [-0.4, -0.2) is 23.0 Å². The Labute approximate surface area is 102 Å². The zero-order valence-corrected chi connectivity index (χ0v) is 10.7. The molecule has 0 aliphatic heterocycles. The Morgan fingerprint density at radius 1 is 1.56 bits per heavy atom. The molecule has 1 aromatic rings. The van der Waals surface area contributed by atoms with Crippen LogP contribution < -0.4 is 0 Å². The lowest BCUT2D eigenvalue weighted by atomic mass is 10.2. The maximum absolute atomic E-state index is 11.9. The number of methoxy groups -OCH3 is 1. The zero-order chi connectivity index (χ0) is 12.1. The summed E-state index contributed by atoms with van der Waals surface area (Å²) in [5, 5.41) is 0.538. The van der Waals surface area contributed by atoms with Crippen LogP contribution in [0.15, 0.2) is 29.2 Å². The van der Waals surface area contributed by atoms with E-state index in [1.165, 1.54) is 7.11 Å². The van der Waals surface area contributed by atoms with E-state index < -0.39 is 10.8 Å². The molecule has 0 saturated heterocycles. The van der Waals surface area contributed by atoms with Gasteiger partial charge in [0.15, 0.2) is 0 Å². The summed E-state index contributed by atoms with van der Waals surface area (Å²) in [4.78, 5) is 11.8. The Morgan fingerprint density at radius 3 is 2.81 bits per heavy atom. The van der Waals surface area contributed by atoms with Crippen LogP contribution in [0.5, 0.6) is 0 Å². The van der Waals surface area contributed by atoms with Crippen molar-refractivity contribution >= 4 is 28.4 Å². The molecule has 16 heavy (non-hydrogen) atoms. The second-order valence-corrected chi connectivity index (χ2v) is 5.33. The SMILES string of the molecule is COC(=O)C(C)CS(=O)c1cccc(Cl)c1. The van der Waals surface area contributed by atoms with E-state index >= 15 is 0 Å². The van der Waals surface area contributed by atoms with E-state index in [0.29, 0.717) is 9.92 Å². The summed E-state index contributed by atoms with van der Waals surface area (Å²) in [6.07, 6.45) is 0. The number of benzene rings is 1. The second kappa shape index (κ2) is 6.01. The Bertz CT molecular complexity index is 406. The summed E-state index contributed by atoms with van der Waals surface area (Å²) in [6, 6.07) is 6.82. The molecule has 0 N–H and O–H groups in total. The number of rotatable bonds is 4. The number of ether oxygens (including phenoxy) is 1. The molecule has 0 radical (unpaired) electrons. The fraction of sp³-hybridized carbons (Fsp3) is 0.364. The molecule has 2 unspecified atom stereocenters. The average molecular weight is 261 g/mol. The predicted octanol–water partition coefficient (Wildman–Crippen LogP) is 2.26. The molecule has 0 aliphatic carbocycles. The van der Waals surface area contributed by atoms with Gasteiger partial charge in [-0.05, 0) is 18.2 Å². The summed E-state index contributed by atoms with van der Waals surface area (Å²) in [7, 11) is 0.0893. The van der Waals surface area contributed by atoms with Gasteiger partial charge in [0.25, 0.3) is 0 Å². The van der Waals surface area contributed by atoms with E-state index in [9.17, 15) is 9.00 Å². The Kier molecular flexibility index (Phi) is 4.96. The Morgan fingerprint density at radius 2 is 2.25 bits per heavy atom.